The van der Waals surface area contributed by atoms with Gasteiger partial charge in [-0.25, -0.2) is 4.98 Å². The van der Waals surface area contributed by atoms with Crippen LogP contribution in [-0.2, 0) is 11.2 Å². The molecule has 132 valence electrons. The van der Waals surface area contributed by atoms with Crippen LogP contribution >= 0.6 is 0 Å². The van der Waals surface area contributed by atoms with Gasteiger partial charge in [-0.1, -0.05) is 6.07 Å². The van der Waals surface area contributed by atoms with Crippen molar-refractivity contribution in [2.24, 2.45) is 0 Å². The summed E-state index contributed by atoms with van der Waals surface area (Å²) in [7, 11) is 0. The van der Waals surface area contributed by atoms with E-state index >= 15 is 0 Å². The van der Waals surface area contributed by atoms with Crippen molar-refractivity contribution in [3.05, 3.63) is 48.7 Å². The lowest BCUT2D eigenvalue weighted by Crippen LogP contribution is -2.54. The molecule has 2 aromatic heterocycles. The zero-order valence-corrected chi connectivity index (χ0v) is 14.1. The quantitative estimate of drug-likeness (QED) is 0.813. The number of piperidine rings is 1. The number of amides is 1. The zero-order chi connectivity index (χ0) is 17.5. The number of aliphatic hydroxyl groups is 1. The predicted octanol–water partition coefficient (Wildman–Crippen LogP) is 0.952. The van der Waals surface area contributed by atoms with E-state index in [0.29, 0.717) is 25.8 Å². The summed E-state index contributed by atoms with van der Waals surface area (Å²) in [4.78, 5) is 26.5. The summed E-state index contributed by atoms with van der Waals surface area (Å²) in [6, 6.07) is 3.81. The number of β-amino-alcohol motifs (C(OH)–C–C–N with tert-alkyl or cyclic N) is 1. The monoisotopic (exact) mass is 341 g/mol. The largest absolute Gasteiger partial charge is 0.386 e. The lowest BCUT2D eigenvalue weighted by molar-refractivity contribution is -0.122. The van der Waals surface area contributed by atoms with Gasteiger partial charge in [0.15, 0.2) is 0 Å². The van der Waals surface area contributed by atoms with Crippen molar-refractivity contribution in [1.29, 1.82) is 0 Å². The lowest BCUT2D eigenvalue weighted by atomic mass is 9.92. The first kappa shape index (κ1) is 17.3. The van der Waals surface area contributed by atoms with Crippen LogP contribution in [0.5, 0.6) is 0 Å². The van der Waals surface area contributed by atoms with E-state index in [4.69, 9.17) is 0 Å². The van der Waals surface area contributed by atoms with Gasteiger partial charge in [0, 0.05) is 50.8 Å². The number of anilines is 1. The fourth-order valence-electron chi connectivity index (χ4n) is 3.06. The Hall–Kier alpha value is -2.54. The number of aryl methyl sites for hydroxylation is 1. The molecule has 1 saturated heterocycles. The average molecular weight is 341 g/mol. The van der Waals surface area contributed by atoms with Gasteiger partial charge in [0.25, 0.3) is 0 Å². The van der Waals surface area contributed by atoms with Crippen LogP contribution in [0.3, 0.4) is 0 Å². The molecule has 0 bridgehead atoms. The maximum absolute atomic E-state index is 12.1. The van der Waals surface area contributed by atoms with E-state index in [2.05, 4.69) is 20.3 Å². The van der Waals surface area contributed by atoms with E-state index in [1.807, 2.05) is 17.0 Å². The minimum atomic E-state index is -0.945. The molecule has 0 radical (unpaired) electrons. The summed E-state index contributed by atoms with van der Waals surface area (Å²) in [5.41, 5.74) is 0.0857. The molecule has 3 rings (SSSR count). The van der Waals surface area contributed by atoms with Crippen molar-refractivity contribution in [2.75, 3.05) is 24.5 Å². The number of carbonyl (C=O) groups excluding carboxylic acids is 1. The van der Waals surface area contributed by atoms with Crippen molar-refractivity contribution < 1.29 is 9.90 Å². The Morgan fingerprint density at radius 2 is 2.16 bits per heavy atom. The molecule has 1 fully saturated rings. The first-order valence-electron chi connectivity index (χ1n) is 8.54. The molecule has 0 unspecified atom stereocenters. The highest BCUT2D eigenvalue weighted by atomic mass is 16.3. The average Bonchev–Trinajstić information content (AvgIpc) is 2.66. The summed E-state index contributed by atoms with van der Waals surface area (Å²) in [6.07, 6.45) is 11.0. The second-order valence-corrected chi connectivity index (χ2v) is 6.45. The first-order valence-corrected chi connectivity index (χ1v) is 8.54. The minimum absolute atomic E-state index is 0.0612. The van der Waals surface area contributed by atoms with Crippen LogP contribution in [0.4, 0.5) is 5.82 Å². The highest BCUT2D eigenvalue weighted by Crippen LogP contribution is 2.23. The SMILES string of the molecule is O=C(CCc1cccnc1)NC[C@@]1(O)CCCN(c2cnccn2)C1. The molecule has 1 amide bonds. The standard InChI is InChI=1S/C18H23N5O2/c24-17(5-4-15-3-1-7-19-11-15)22-13-18(25)6-2-10-23(14-18)16-12-20-8-9-21-16/h1,3,7-9,11-12,25H,2,4-6,10,13-14H2,(H,22,24)/t18-/m0/s1. The number of aromatic nitrogens is 3. The van der Waals surface area contributed by atoms with Gasteiger partial charge in [0.1, 0.15) is 5.82 Å². The topological polar surface area (TPSA) is 91.2 Å². The maximum Gasteiger partial charge on any atom is 0.220 e. The Balaban J connectivity index is 1.48. The van der Waals surface area contributed by atoms with E-state index in [1.165, 1.54) is 0 Å². The van der Waals surface area contributed by atoms with E-state index in [-0.39, 0.29) is 12.5 Å². The fourth-order valence-corrected chi connectivity index (χ4v) is 3.06. The third-order valence-electron chi connectivity index (χ3n) is 4.41. The number of hydrogen-bond acceptors (Lipinski definition) is 6. The van der Waals surface area contributed by atoms with Crippen molar-refractivity contribution >= 4 is 11.7 Å². The number of pyridine rings is 1. The Labute approximate surface area is 147 Å². The van der Waals surface area contributed by atoms with Crippen LogP contribution in [0, 0.1) is 0 Å². The van der Waals surface area contributed by atoms with Gasteiger partial charge < -0.3 is 15.3 Å². The minimum Gasteiger partial charge on any atom is -0.386 e. The summed E-state index contributed by atoms with van der Waals surface area (Å²) in [5.74, 6) is 0.692. The van der Waals surface area contributed by atoms with Gasteiger partial charge in [-0.2, -0.15) is 0 Å². The Bertz CT molecular complexity index is 682. The van der Waals surface area contributed by atoms with Crippen molar-refractivity contribution in [2.45, 2.75) is 31.3 Å². The van der Waals surface area contributed by atoms with Crippen LogP contribution < -0.4 is 10.2 Å². The normalized spacial score (nSPS) is 20.3. The zero-order valence-electron chi connectivity index (χ0n) is 14.1. The molecule has 1 atom stereocenters. The summed E-state index contributed by atoms with van der Waals surface area (Å²) in [6.45, 7) is 1.51. The molecular formula is C18H23N5O2. The summed E-state index contributed by atoms with van der Waals surface area (Å²) >= 11 is 0. The second kappa shape index (κ2) is 8.02. The van der Waals surface area contributed by atoms with E-state index in [1.54, 1.807) is 31.0 Å². The Morgan fingerprint density at radius 1 is 1.28 bits per heavy atom. The summed E-state index contributed by atoms with van der Waals surface area (Å²) < 4.78 is 0. The molecule has 2 aromatic rings. The highest BCUT2D eigenvalue weighted by Gasteiger charge is 2.34. The molecule has 7 heteroatoms. The molecule has 0 aliphatic carbocycles. The molecule has 2 N–H and O–H groups in total. The summed E-state index contributed by atoms with van der Waals surface area (Å²) in [5, 5.41) is 13.7. The number of rotatable bonds is 6. The van der Waals surface area contributed by atoms with Gasteiger partial charge in [-0.15, -0.1) is 0 Å². The van der Waals surface area contributed by atoms with Crippen LogP contribution in [0.2, 0.25) is 0 Å². The van der Waals surface area contributed by atoms with Gasteiger partial charge >= 0.3 is 0 Å². The molecule has 0 spiro atoms. The van der Waals surface area contributed by atoms with Crippen molar-refractivity contribution in [3.63, 3.8) is 0 Å². The molecule has 1 aliphatic rings. The Kier molecular flexibility index (Phi) is 5.55. The van der Waals surface area contributed by atoms with Crippen LogP contribution in [0.15, 0.2) is 43.1 Å². The van der Waals surface area contributed by atoms with Crippen LogP contribution in [0.1, 0.15) is 24.8 Å². The highest BCUT2D eigenvalue weighted by molar-refractivity contribution is 5.76. The third kappa shape index (κ3) is 4.96. The van der Waals surface area contributed by atoms with Crippen molar-refractivity contribution in [3.8, 4) is 0 Å². The molecule has 25 heavy (non-hydrogen) atoms. The maximum atomic E-state index is 12.1. The fraction of sp³-hybridized carbons (Fsp3) is 0.444. The second-order valence-electron chi connectivity index (χ2n) is 6.45. The number of hydrogen-bond donors (Lipinski definition) is 2. The van der Waals surface area contributed by atoms with Crippen molar-refractivity contribution in [1.82, 2.24) is 20.3 Å². The molecular weight excluding hydrogens is 318 g/mol. The molecule has 1 aliphatic heterocycles. The molecule has 0 saturated carbocycles. The van der Waals surface area contributed by atoms with Gasteiger partial charge in [0.05, 0.1) is 11.8 Å². The van der Waals surface area contributed by atoms with Gasteiger partial charge in [-0.05, 0) is 30.9 Å². The molecule has 0 aromatic carbocycles. The van der Waals surface area contributed by atoms with Crippen LogP contribution in [0.25, 0.3) is 0 Å². The van der Waals surface area contributed by atoms with Gasteiger partial charge in [-0.3, -0.25) is 14.8 Å². The number of nitrogens with zero attached hydrogens (tertiary/aromatic N) is 4. The lowest BCUT2D eigenvalue weighted by Gasteiger charge is -2.39. The van der Waals surface area contributed by atoms with E-state index in [9.17, 15) is 9.90 Å². The predicted molar refractivity (Wildman–Crippen MR) is 94.0 cm³/mol. The van der Waals surface area contributed by atoms with E-state index < -0.39 is 5.60 Å². The molecule has 7 nitrogen and oxygen atoms in total. The third-order valence-corrected chi connectivity index (χ3v) is 4.41. The number of carbonyl (C=O) groups is 1. The van der Waals surface area contributed by atoms with Gasteiger partial charge in [0.2, 0.25) is 5.91 Å². The Morgan fingerprint density at radius 3 is 2.92 bits per heavy atom. The smallest absolute Gasteiger partial charge is 0.220 e. The van der Waals surface area contributed by atoms with Crippen LogP contribution in [-0.4, -0.2) is 51.2 Å². The molecule has 3 heterocycles. The van der Waals surface area contributed by atoms with E-state index in [0.717, 1.165) is 24.3 Å². The number of nitrogens with one attached hydrogen (secondary N) is 1. The first-order chi connectivity index (χ1) is 12.1.